The monoisotopic (exact) mass is 425 g/mol. The summed E-state index contributed by atoms with van der Waals surface area (Å²) in [6.07, 6.45) is 1.62. The highest BCUT2D eigenvalue weighted by Gasteiger charge is 2.27. The smallest absolute Gasteiger partial charge is 0.251 e. The number of carbonyl (C=O) groups is 2. The third kappa shape index (κ3) is 6.54. The molecule has 0 radical (unpaired) electrons. The Labute approximate surface area is 175 Å². The SMILES string of the molecule is CCC(CC)NC(=O)[C@H](NC(=O)c1cccc(S(=O)(=O)N(CC)CC)c1)C(C)C. The molecule has 1 aromatic rings. The summed E-state index contributed by atoms with van der Waals surface area (Å²) in [4.78, 5) is 25.5. The van der Waals surface area contributed by atoms with E-state index < -0.39 is 22.0 Å². The summed E-state index contributed by atoms with van der Waals surface area (Å²) in [7, 11) is -3.67. The molecule has 7 nitrogen and oxygen atoms in total. The zero-order valence-corrected chi connectivity index (χ0v) is 19.2. The van der Waals surface area contributed by atoms with Crippen molar-refractivity contribution < 1.29 is 18.0 Å². The van der Waals surface area contributed by atoms with Crippen molar-refractivity contribution in [1.82, 2.24) is 14.9 Å². The molecule has 2 amide bonds. The fourth-order valence-corrected chi connectivity index (χ4v) is 4.56. The number of benzene rings is 1. The Balaban J connectivity index is 3.07. The molecule has 164 valence electrons. The van der Waals surface area contributed by atoms with E-state index in [-0.39, 0.29) is 28.3 Å². The highest BCUT2D eigenvalue weighted by molar-refractivity contribution is 7.89. The van der Waals surface area contributed by atoms with Crippen LogP contribution in [-0.4, -0.2) is 49.7 Å². The van der Waals surface area contributed by atoms with Gasteiger partial charge in [-0.25, -0.2) is 8.42 Å². The lowest BCUT2D eigenvalue weighted by Crippen LogP contribution is -2.52. The van der Waals surface area contributed by atoms with E-state index >= 15 is 0 Å². The lowest BCUT2D eigenvalue weighted by atomic mass is 10.0. The van der Waals surface area contributed by atoms with Gasteiger partial charge in [0.15, 0.2) is 0 Å². The van der Waals surface area contributed by atoms with Crippen LogP contribution in [0.15, 0.2) is 29.2 Å². The molecule has 0 fully saturated rings. The Morgan fingerprint density at radius 2 is 1.59 bits per heavy atom. The number of amides is 2. The van der Waals surface area contributed by atoms with Gasteiger partial charge in [0.2, 0.25) is 15.9 Å². The molecular weight excluding hydrogens is 390 g/mol. The molecule has 0 heterocycles. The van der Waals surface area contributed by atoms with Crippen LogP contribution in [0.3, 0.4) is 0 Å². The van der Waals surface area contributed by atoms with Gasteiger partial charge in [-0.2, -0.15) is 4.31 Å². The predicted molar refractivity (Wildman–Crippen MR) is 115 cm³/mol. The minimum atomic E-state index is -3.67. The molecule has 0 bridgehead atoms. The van der Waals surface area contributed by atoms with Gasteiger partial charge in [-0.1, -0.05) is 47.6 Å². The number of nitrogens with one attached hydrogen (secondary N) is 2. The molecule has 0 saturated heterocycles. The van der Waals surface area contributed by atoms with Gasteiger partial charge in [-0.3, -0.25) is 9.59 Å². The second kappa shape index (κ2) is 11.3. The minimum Gasteiger partial charge on any atom is -0.352 e. The lowest BCUT2D eigenvalue weighted by Gasteiger charge is -2.25. The Morgan fingerprint density at radius 3 is 2.07 bits per heavy atom. The molecule has 0 unspecified atom stereocenters. The van der Waals surface area contributed by atoms with Crippen molar-refractivity contribution in [3.05, 3.63) is 29.8 Å². The normalized spacial score (nSPS) is 13.0. The van der Waals surface area contributed by atoms with Gasteiger partial charge in [0.1, 0.15) is 6.04 Å². The van der Waals surface area contributed by atoms with Crippen LogP contribution in [0.5, 0.6) is 0 Å². The molecule has 0 aliphatic rings. The summed E-state index contributed by atoms with van der Waals surface area (Å²) in [6, 6.07) is 5.28. The molecule has 8 heteroatoms. The molecule has 0 saturated carbocycles. The first kappa shape index (κ1) is 25.1. The fraction of sp³-hybridized carbons (Fsp3) is 0.619. The summed E-state index contributed by atoms with van der Waals surface area (Å²) >= 11 is 0. The average molecular weight is 426 g/mol. The first-order valence-electron chi connectivity index (χ1n) is 10.3. The molecule has 0 aliphatic carbocycles. The van der Waals surface area contributed by atoms with E-state index in [0.29, 0.717) is 13.1 Å². The molecule has 1 aromatic carbocycles. The third-order valence-corrected chi connectivity index (χ3v) is 7.05. The molecule has 0 aromatic heterocycles. The van der Waals surface area contributed by atoms with Crippen molar-refractivity contribution in [3.8, 4) is 0 Å². The summed E-state index contributed by atoms with van der Waals surface area (Å²) in [6.45, 7) is 11.9. The number of nitrogens with zero attached hydrogens (tertiary/aromatic N) is 1. The molecule has 0 spiro atoms. The number of carbonyl (C=O) groups excluding carboxylic acids is 2. The van der Waals surface area contributed by atoms with E-state index in [0.717, 1.165) is 12.8 Å². The van der Waals surface area contributed by atoms with Gasteiger partial charge in [-0.05, 0) is 37.0 Å². The highest BCUT2D eigenvalue weighted by atomic mass is 32.2. The Hall–Kier alpha value is -1.93. The van der Waals surface area contributed by atoms with Gasteiger partial charge >= 0.3 is 0 Å². The molecule has 1 atom stereocenters. The number of hydrogen-bond acceptors (Lipinski definition) is 4. The second-order valence-electron chi connectivity index (χ2n) is 7.33. The lowest BCUT2D eigenvalue weighted by molar-refractivity contribution is -0.124. The molecule has 0 aliphatic heterocycles. The Morgan fingerprint density at radius 1 is 1.00 bits per heavy atom. The van der Waals surface area contributed by atoms with Crippen molar-refractivity contribution in [3.63, 3.8) is 0 Å². The standard InChI is InChI=1S/C21H35N3O4S/c1-7-17(8-2)22-21(26)19(15(5)6)23-20(25)16-12-11-13-18(14-16)29(27,28)24(9-3)10-4/h11-15,17,19H,7-10H2,1-6H3,(H,22,26)(H,23,25)/t19-/m1/s1. The second-order valence-corrected chi connectivity index (χ2v) is 9.27. The van der Waals surface area contributed by atoms with Crippen molar-refractivity contribution in [2.24, 2.45) is 5.92 Å². The van der Waals surface area contributed by atoms with E-state index in [1.165, 1.54) is 16.4 Å². The first-order valence-corrected chi connectivity index (χ1v) is 11.8. The van der Waals surface area contributed by atoms with Crippen molar-refractivity contribution in [2.75, 3.05) is 13.1 Å². The molecule has 29 heavy (non-hydrogen) atoms. The summed E-state index contributed by atoms with van der Waals surface area (Å²) in [5, 5.41) is 5.73. The van der Waals surface area contributed by atoms with E-state index in [4.69, 9.17) is 0 Å². The largest absolute Gasteiger partial charge is 0.352 e. The average Bonchev–Trinajstić information content (AvgIpc) is 2.70. The highest BCUT2D eigenvalue weighted by Crippen LogP contribution is 2.17. The van der Waals surface area contributed by atoms with Crippen LogP contribution in [0.4, 0.5) is 0 Å². The van der Waals surface area contributed by atoms with Crippen LogP contribution >= 0.6 is 0 Å². The number of sulfonamides is 1. The third-order valence-electron chi connectivity index (χ3n) is 5.01. The van der Waals surface area contributed by atoms with E-state index in [9.17, 15) is 18.0 Å². The van der Waals surface area contributed by atoms with E-state index in [1.54, 1.807) is 26.0 Å². The molecule has 2 N–H and O–H groups in total. The molecular formula is C21H35N3O4S. The van der Waals surface area contributed by atoms with Gasteiger partial charge in [0.25, 0.3) is 5.91 Å². The van der Waals surface area contributed by atoms with Crippen LogP contribution in [0.25, 0.3) is 0 Å². The summed E-state index contributed by atoms with van der Waals surface area (Å²) in [5.41, 5.74) is 0.208. The molecule has 1 rings (SSSR count). The van der Waals surface area contributed by atoms with E-state index in [1.807, 2.05) is 27.7 Å². The zero-order valence-electron chi connectivity index (χ0n) is 18.4. The van der Waals surface area contributed by atoms with Gasteiger partial charge in [0.05, 0.1) is 4.90 Å². The van der Waals surface area contributed by atoms with Crippen LogP contribution in [-0.2, 0) is 14.8 Å². The van der Waals surface area contributed by atoms with Gasteiger partial charge < -0.3 is 10.6 Å². The van der Waals surface area contributed by atoms with Crippen molar-refractivity contribution in [2.45, 2.75) is 71.4 Å². The fourth-order valence-electron chi connectivity index (χ4n) is 3.05. The van der Waals surface area contributed by atoms with Crippen molar-refractivity contribution in [1.29, 1.82) is 0 Å². The van der Waals surface area contributed by atoms with Gasteiger partial charge in [-0.15, -0.1) is 0 Å². The van der Waals surface area contributed by atoms with Crippen LogP contribution in [0.2, 0.25) is 0 Å². The van der Waals surface area contributed by atoms with E-state index in [2.05, 4.69) is 10.6 Å². The maximum atomic E-state index is 12.8. The predicted octanol–water partition coefficient (Wildman–Crippen LogP) is 2.78. The van der Waals surface area contributed by atoms with Crippen molar-refractivity contribution >= 4 is 21.8 Å². The van der Waals surface area contributed by atoms with Gasteiger partial charge in [0, 0.05) is 24.7 Å². The summed E-state index contributed by atoms with van der Waals surface area (Å²) < 4.78 is 26.8. The Bertz CT molecular complexity index is 785. The quantitative estimate of drug-likeness (QED) is 0.570. The number of rotatable bonds is 11. The Kier molecular flexibility index (Phi) is 9.79. The maximum Gasteiger partial charge on any atom is 0.251 e. The minimum absolute atomic E-state index is 0.0585. The van der Waals surface area contributed by atoms with Crippen LogP contribution < -0.4 is 10.6 Å². The van der Waals surface area contributed by atoms with Crippen LogP contribution in [0.1, 0.15) is 64.7 Å². The first-order chi connectivity index (χ1) is 13.6. The number of hydrogen-bond donors (Lipinski definition) is 2. The topological polar surface area (TPSA) is 95.6 Å². The zero-order chi connectivity index (χ0) is 22.2. The maximum absolute atomic E-state index is 12.8. The van der Waals surface area contributed by atoms with Crippen LogP contribution in [0, 0.1) is 5.92 Å². The summed E-state index contributed by atoms with van der Waals surface area (Å²) in [5.74, 6) is -0.815.